The Balaban J connectivity index is 1.48. The molecule has 0 unspecified atom stereocenters. The molecule has 2 heterocycles. The zero-order valence-corrected chi connectivity index (χ0v) is 16.4. The second-order valence-electron chi connectivity index (χ2n) is 6.18. The number of benzene rings is 2. The number of hydrogen-bond acceptors (Lipinski definition) is 9. The van der Waals surface area contributed by atoms with Gasteiger partial charge < -0.3 is 15.8 Å². The van der Waals surface area contributed by atoms with E-state index in [2.05, 4.69) is 32.2 Å². The minimum atomic E-state index is -0.467. The van der Waals surface area contributed by atoms with Crippen LogP contribution in [-0.4, -0.2) is 25.9 Å². The second kappa shape index (κ2) is 8.19. The lowest BCUT2D eigenvalue weighted by Gasteiger charge is -2.11. The van der Waals surface area contributed by atoms with E-state index in [0.717, 1.165) is 27.9 Å². The number of carbonyl (C=O) groups excluding carboxylic acids is 1. The number of fused-ring (bicyclic) bond motifs is 1. The number of carbonyl (C=O) groups is 1. The molecule has 0 radical (unpaired) electrons. The van der Waals surface area contributed by atoms with Crippen LogP contribution in [0.3, 0.4) is 0 Å². The summed E-state index contributed by atoms with van der Waals surface area (Å²) in [4.78, 5) is 29.1. The summed E-state index contributed by atoms with van der Waals surface area (Å²) in [5, 5.41) is 3.15. The summed E-state index contributed by atoms with van der Waals surface area (Å²) in [5.74, 6) is 0.149. The van der Waals surface area contributed by atoms with E-state index in [1.165, 1.54) is 11.3 Å². The molecule has 0 saturated heterocycles. The fourth-order valence-electron chi connectivity index (χ4n) is 2.82. The van der Waals surface area contributed by atoms with Gasteiger partial charge in [0.2, 0.25) is 11.9 Å². The van der Waals surface area contributed by atoms with Gasteiger partial charge in [0.15, 0.2) is 12.4 Å². The summed E-state index contributed by atoms with van der Waals surface area (Å²) < 4.78 is 6.28. The molecule has 0 spiro atoms. The van der Waals surface area contributed by atoms with Crippen molar-refractivity contribution in [3.05, 3.63) is 64.9 Å². The van der Waals surface area contributed by atoms with Crippen molar-refractivity contribution in [2.45, 2.75) is 20.0 Å². The van der Waals surface area contributed by atoms with Crippen LogP contribution in [0.5, 0.6) is 0 Å². The van der Waals surface area contributed by atoms with E-state index in [-0.39, 0.29) is 18.4 Å². The Kier molecular flexibility index (Phi) is 5.30. The first-order valence-corrected chi connectivity index (χ1v) is 9.86. The largest absolute Gasteiger partial charge is 0.454 e. The van der Waals surface area contributed by atoms with Gasteiger partial charge in [-0.3, -0.25) is 0 Å². The summed E-state index contributed by atoms with van der Waals surface area (Å²) in [6.45, 7) is 1.95. The molecule has 2 aromatic heterocycles. The molecule has 0 amide bonds. The van der Waals surface area contributed by atoms with Gasteiger partial charge in [0.25, 0.3) is 0 Å². The Bertz CT molecular complexity index is 1180. The van der Waals surface area contributed by atoms with Crippen LogP contribution in [0, 0.1) is 0 Å². The number of aromatic nitrogens is 4. The van der Waals surface area contributed by atoms with Gasteiger partial charge in [-0.25, -0.2) is 9.78 Å². The number of hydrogen-bond donors (Lipinski definition) is 2. The molecule has 0 aliphatic rings. The number of nitrogens with one attached hydrogen (secondary N) is 1. The van der Waals surface area contributed by atoms with E-state index in [1.807, 2.05) is 24.3 Å². The molecule has 0 fully saturated rings. The fraction of sp³-hybridized carbons (Fsp3) is 0.150. The molecule has 0 aliphatic carbocycles. The Hall–Kier alpha value is -3.59. The number of para-hydroxylation sites is 1. The van der Waals surface area contributed by atoms with Crippen molar-refractivity contribution >= 4 is 45.1 Å². The van der Waals surface area contributed by atoms with E-state index >= 15 is 0 Å². The Morgan fingerprint density at radius 3 is 2.90 bits per heavy atom. The standard InChI is InChI=1S/C20H18N6O2S/c1-2-12-5-3-4-6-14(12)23-20-25-17(24-19(21)26-20)10-28-18(27)13-7-8-15-16(9-13)29-11-22-15/h3-9,11H,2,10H2,1H3,(H3,21,23,24,25,26). The van der Waals surface area contributed by atoms with Crippen LogP contribution >= 0.6 is 11.3 Å². The molecule has 4 aromatic rings. The van der Waals surface area contributed by atoms with Crippen LogP contribution in [-0.2, 0) is 17.8 Å². The van der Waals surface area contributed by atoms with E-state index < -0.39 is 5.97 Å². The minimum Gasteiger partial charge on any atom is -0.454 e. The summed E-state index contributed by atoms with van der Waals surface area (Å²) in [7, 11) is 0. The molecule has 0 saturated carbocycles. The molecule has 8 nitrogen and oxygen atoms in total. The predicted octanol–water partition coefficient (Wildman–Crippen LogP) is 3.73. The Labute approximate surface area is 170 Å². The summed E-state index contributed by atoms with van der Waals surface area (Å²) >= 11 is 1.46. The zero-order valence-electron chi connectivity index (χ0n) is 15.6. The molecule has 9 heteroatoms. The van der Waals surface area contributed by atoms with Gasteiger partial charge in [0.05, 0.1) is 21.3 Å². The van der Waals surface area contributed by atoms with Gasteiger partial charge in [-0.2, -0.15) is 15.0 Å². The van der Waals surface area contributed by atoms with Crippen molar-refractivity contribution in [2.24, 2.45) is 0 Å². The van der Waals surface area contributed by atoms with Crippen LogP contribution in [0.25, 0.3) is 10.2 Å². The van der Waals surface area contributed by atoms with Crippen LogP contribution in [0.2, 0.25) is 0 Å². The van der Waals surface area contributed by atoms with Crippen molar-refractivity contribution in [2.75, 3.05) is 11.1 Å². The Morgan fingerprint density at radius 1 is 1.17 bits per heavy atom. The number of esters is 1. The number of thiazole rings is 1. The first-order chi connectivity index (χ1) is 14.1. The van der Waals surface area contributed by atoms with Crippen molar-refractivity contribution in [3.63, 3.8) is 0 Å². The number of nitrogen functional groups attached to an aromatic ring is 1. The topological polar surface area (TPSA) is 116 Å². The molecule has 29 heavy (non-hydrogen) atoms. The number of ether oxygens (including phenoxy) is 1. The van der Waals surface area contributed by atoms with E-state index in [9.17, 15) is 4.79 Å². The van der Waals surface area contributed by atoms with Crippen LogP contribution < -0.4 is 11.1 Å². The second-order valence-corrected chi connectivity index (χ2v) is 7.07. The third-order valence-electron chi connectivity index (χ3n) is 4.24. The highest BCUT2D eigenvalue weighted by Crippen LogP contribution is 2.21. The quantitative estimate of drug-likeness (QED) is 0.465. The summed E-state index contributed by atoms with van der Waals surface area (Å²) in [6.07, 6.45) is 0.859. The highest BCUT2D eigenvalue weighted by atomic mass is 32.1. The average molecular weight is 406 g/mol. The highest BCUT2D eigenvalue weighted by molar-refractivity contribution is 7.16. The molecule has 0 bridgehead atoms. The highest BCUT2D eigenvalue weighted by Gasteiger charge is 2.12. The molecule has 2 aromatic carbocycles. The summed E-state index contributed by atoms with van der Waals surface area (Å²) in [6, 6.07) is 13.1. The van der Waals surface area contributed by atoms with Crippen LogP contribution in [0.15, 0.2) is 48.0 Å². The van der Waals surface area contributed by atoms with E-state index in [4.69, 9.17) is 10.5 Å². The Morgan fingerprint density at radius 2 is 2.03 bits per heavy atom. The lowest BCUT2D eigenvalue weighted by atomic mass is 10.1. The number of rotatable bonds is 6. The lowest BCUT2D eigenvalue weighted by molar-refractivity contribution is 0.0462. The summed E-state index contributed by atoms with van der Waals surface area (Å²) in [5.41, 5.74) is 10.8. The minimum absolute atomic E-state index is 0.0496. The predicted molar refractivity (Wildman–Crippen MR) is 112 cm³/mol. The van der Waals surface area contributed by atoms with Gasteiger partial charge in [-0.15, -0.1) is 11.3 Å². The van der Waals surface area contributed by atoms with Crippen molar-refractivity contribution in [1.29, 1.82) is 0 Å². The van der Waals surface area contributed by atoms with Crippen LogP contribution in [0.1, 0.15) is 28.7 Å². The zero-order chi connectivity index (χ0) is 20.2. The molecule has 0 atom stereocenters. The van der Waals surface area contributed by atoms with Gasteiger partial charge in [0, 0.05) is 5.69 Å². The molecular weight excluding hydrogens is 388 g/mol. The van der Waals surface area contributed by atoms with Gasteiger partial charge in [-0.1, -0.05) is 25.1 Å². The van der Waals surface area contributed by atoms with Gasteiger partial charge in [-0.05, 0) is 36.2 Å². The molecule has 3 N–H and O–H groups in total. The molecule has 0 aliphatic heterocycles. The average Bonchev–Trinajstić information content (AvgIpc) is 3.20. The monoisotopic (exact) mass is 406 g/mol. The number of aryl methyl sites for hydroxylation is 1. The SMILES string of the molecule is CCc1ccccc1Nc1nc(N)nc(COC(=O)c2ccc3ncsc3c2)n1. The number of anilines is 3. The van der Waals surface area contributed by atoms with Gasteiger partial charge in [0.1, 0.15) is 0 Å². The van der Waals surface area contributed by atoms with Gasteiger partial charge >= 0.3 is 5.97 Å². The lowest BCUT2D eigenvalue weighted by Crippen LogP contribution is -2.11. The van der Waals surface area contributed by atoms with E-state index in [0.29, 0.717) is 11.5 Å². The molecular formula is C20H18N6O2S. The maximum absolute atomic E-state index is 12.4. The maximum Gasteiger partial charge on any atom is 0.338 e. The third kappa shape index (κ3) is 4.30. The first-order valence-electron chi connectivity index (χ1n) is 8.98. The fourth-order valence-corrected chi connectivity index (χ4v) is 3.54. The van der Waals surface area contributed by atoms with Crippen LogP contribution in [0.4, 0.5) is 17.6 Å². The van der Waals surface area contributed by atoms with Crippen molar-refractivity contribution < 1.29 is 9.53 Å². The number of nitrogens with two attached hydrogens (primary N) is 1. The smallest absolute Gasteiger partial charge is 0.338 e. The van der Waals surface area contributed by atoms with Crippen molar-refractivity contribution in [1.82, 2.24) is 19.9 Å². The van der Waals surface area contributed by atoms with E-state index in [1.54, 1.807) is 23.7 Å². The first kappa shape index (κ1) is 18.8. The third-order valence-corrected chi connectivity index (χ3v) is 5.03. The number of nitrogens with zero attached hydrogens (tertiary/aromatic N) is 4. The van der Waals surface area contributed by atoms with Crippen molar-refractivity contribution in [3.8, 4) is 0 Å². The maximum atomic E-state index is 12.4. The molecule has 4 rings (SSSR count). The molecule has 146 valence electrons. The normalized spacial score (nSPS) is 10.8.